The number of nitrogens with zero attached hydrogens (tertiary/aromatic N) is 2. The van der Waals surface area contributed by atoms with E-state index in [2.05, 4.69) is 10.2 Å². The molecular formula is C21H31N3O4. The molecule has 2 rings (SSSR count). The molecule has 1 saturated heterocycles. The summed E-state index contributed by atoms with van der Waals surface area (Å²) in [5.74, 6) is 0.167. The van der Waals surface area contributed by atoms with E-state index in [1.165, 1.54) is 0 Å². The van der Waals surface area contributed by atoms with Crippen LogP contribution >= 0.6 is 0 Å². The standard InChI is InChI=1S/C21H31N3O4/c1-16(25)17-7-9-18(10-8-17)23-12-14-24(15-13-23)19(26)6-5-11-22-20(27)28-21(2,3)4/h7-10H,5-6,11-15H2,1-4H3,(H,22,27). The summed E-state index contributed by atoms with van der Waals surface area (Å²) < 4.78 is 5.17. The minimum Gasteiger partial charge on any atom is -0.444 e. The Morgan fingerprint density at radius 1 is 1.04 bits per heavy atom. The van der Waals surface area contributed by atoms with Crippen molar-refractivity contribution < 1.29 is 19.1 Å². The van der Waals surface area contributed by atoms with Crippen molar-refractivity contribution in [3.63, 3.8) is 0 Å². The molecular weight excluding hydrogens is 358 g/mol. The summed E-state index contributed by atoms with van der Waals surface area (Å²) in [5, 5.41) is 2.67. The Morgan fingerprint density at radius 3 is 2.18 bits per heavy atom. The molecule has 1 fully saturated rings. The molecule has 0 saturated carbocycles. The quantitative estimate of drug-likeness (QED) is 0.598. The van der Waals surface area contributed by atoms with Crippen LogP contribution in [0.3, 0.4) is 0 Å². The van der Waals surface area contributed by atoms with Gasteiger partial charge in [-0.2, -0.15) is 0 Å². The minimum absolute atomic E-state index is 0.0584. The largest absolute Gasteiger partial charge is 0.444 e. The molecule has 0 bridgehead atoms. The average molecular weight is 389 g/mol. The highest BCUT2D eigenvalue weighted by atomic mass is 16.6. The second kappa shape index (κ2) is 9.57. The van der Waals surface area contributed by atoms with Crippen molar-refractivity contribution in [3.8, 4) is 0 Å². The number of hydrogen-bond donors (Lipinski definition) is 1. The molecule has 0 aromatic heterocycles. The molecule has 0 spiro atoms. The first-order valence-electron chi connectivity index (χ1n) is 9.76. The van der Waals surface area contributed by atoms with E-state index in [4.69, 9.17) is 4.74 Å². The van der Waals surface area contributed by atoms with Crippen LogP contribution in [0.15, 0.2) is 24.3 Å². The van der Waals surface area contributed by atoms with Crippen LogP contribution in [0.4, 0.5) is 10.5 Å². The Hall–Kier alpha value is -2.57. The molecule has 1 aliphatic heterocycles. The van der Waals surface area contributed by atoms with E-state index in [0.29, 0.717) is 38.0 Å². The van der Waals surface area contributed by atoms with Gasteiger partial charge in [0.15, 0.2) is 5.78 Å². The Bertz CT molecular complexity index is 687. The van der Waals surface area contributed by atoms with Gasteiger partial charge in [0.25, 0.3) is 0 Å². The van der Waals surface area contributed by atoms with Crippen molar-refractivity contribution in [1.29, 1.82) is 0 Å². The summed E-state index contributed by atoms with van der Waals surface area (Å²) in [7, 11) is 0. The number of anilines is 1. The lowest BCUT2D eigenvalue weighted by molar-refractivity contribution is -0.131. The molecule has 0 aliphatic carbocycles. The third-order valence-electron chi connectivity index (χ3n) is 4.51. The number of benzene rings is 1. The number of amides is 2. The van der Waals surface area contributed by atoms with E-state index >= 15 is 0 Å². The lowest BCUT2D eigenvalue weighted by Gasteiger charge is -2.36. The van der Waals surface area contributed by atoms with Crippen molar-refractivity contribution >= 4 is 23.5 Å². The number of Topliss-reactive ketones (excluding diaryl/α,β-unsaturated/α-hetero) is 1. The molecule has 1 heterocycles. The predicted octanol–water partition coefficient (Wildman–Crippen LogP) is 2.84. The molecule has 0 atom stereocenters. The van der Waals surface area contributed by atoms with Crippen LogP contribution < -0.4 is 10.2 Å². The van der Waals surface area contributed by atoms with Gasteiger partial charge in [-0.25, -0.2) is 4.79 Å². The molecule has 1 aliphatic rings. The minimum atomic E-state index is -0.522. The molecule has 0 unspecified atom stereocenters. The van der Waals surface area contributed by atoms with E-state index < -0.39 is 11.7 Å². The van der Waals surface area contributed by atoms with Gasteiger partial charge in [-0.15, -0.1) is 0 Å². The van der Waals surface area contributed by atoms with Crippen LogP contribution in [0.2, 0.25) is 0 Å². The zero-order valence-electron chi connectivity index (χ0n) is 17.3. The number of nitrogens with one attached hydrogen (secondary N) is 1. The molecule has 2 amide bonds. The van der Waals surface area contributed by atoms with Gasteiger partial charge in [-0.3, -0.25) is 9.59 Å². The van der Waals surface area contributed by atoms with Crippen molar-refractivity contribution in [1.82, 2.24) is 10.2 Å². The summed E-state index contributed by atoms with van der Waals surface area (Å²) in [5.41, 5.74) is 1.25. The van der Waals surface area contributed by atoms with Crippen LogP contribution in [0.1, 0.15) is 50.9 Å². The monoisotopic (exact) mass is 389 g/mol. The van der Waals surface area contributed by atoms with Crippen molar-refractivity contribution in [2.75, 3.05) is 37.6 Å². The highest BCUT2D eigenvalue weighted by Crippen LogP contribution is 2.18. The lowest BCUT2D eigenvalue weighted by Crippen LogP contribution is -2.48. The van der Waals surface area contributed by atoms with E-state index in [-0.39, 0.29) is 11.7 Å². The van der Waals surface area contributed by atoms with Gasteiger partial charge in [-0.1, -0.05) is 0 Å². The predicted molar refractivity (Wildman–Crippen MR) is 109 cm³/mol. The molecule has 154 valence electrons. The van der Waals surface area contributed by atoms with Gasteiger partial charge in [-0.05, 0) is 58.4 Å². The molecule has 7 heteroatoms. The fraction of sp³-hybridized carbons (Fsp3) is 0.571. The molecule has 7 nitrogen and oxygen atoms in total. The number of hydrogen-bond acceptors (Lipinski definition) is 5. The Balaban J connectivity index is 1.69. The summed E-state index contributed by atoms with van der Waals surface area (Å²) in [6.07, 6.45) is 0.540. The zero-order chi connectivity index (χ0) is 20.7. The van der Waals surface area contributed by atoms with Crippen LogP contribution in [-0.4, -0.2) is 61.0 Å². The maximum absolute atomic E-state index is 12.4. The maximum Gasteiger partial charge on any atom is 0.407 e. The molecule has 0 radical (unpaired) electrons. The Labute approximate surface area is 167 Å². The zero-order valence-corrected chi connectivity index (χ0v) is 17.3. The van der Waals surface area contributed by atoms with Crippen molar-refractivity contribution in [2.45, 2.75) is 46.1 Å². The van der Waals surface area contributed by atoms with Crippen LogP contribution in [0.25, 0.3) is 0 Å². The summed E-state index contributed by atoms with van der Waals surface area (Å²) in [6.45, 7) is 10.3. The smallest absolute Gasteiger partial charge is 0.407 e. The van der Waals surface area contributed by atoms with E-state index in [1.807, 2.05) is 49.9 Å². The fourth-order valence-electron chi connectivity index (χ4n) is 3.02. The van der Waals surface area contributed by atoms with Crippen molar-refractivity contribution in [2.24, 2.45) is 0 Å². The third-order valence-corrected chi connectivity index (χ3v) is 4.51. The normalized spacial score (nSPS) is 14.6. The van der Waals surface area contributed by atoms with Crippen LogP contribution in [0.5, 0.6) is 0 Å². The third kappa shape index (κ3) is 6.87. The van der Waals surface area contributed by atoms with Gasteiger partial charge in [0.1, 0.15) is 5.60 Å². The van der Waals surface area contributed by atoms with Crippen molar-refractivity contribution in [3.05, 3.63) is 29.8 Å². The first-order valence-corrected chi connectivity index (χ1v) is 9.76. The topological polar surface area (TPSA) is 79.0 Å². The molecule has 1 aromatic carbocycles. The Morgan fingerprint density at radius 2 is 1.64 bits per heavy atom. The van der Waals surface area contributed by atoms with Gasteiger partial charge >= 0.3 is 6.09 Å². The second-order valence-electron chi connectivity index (χ2n) is 8.00. The van der Waals surface area contributed by atoms with E-state index in [1.54, 1.807) is 6.92 Å². The van der Waals surface area contributed by atoms with Crippen LogP contribution in [0, 0.1) is 0 Å². The molecule has 28 heavy (non-hydrogen) atoms. The molecule has 1 aromatic rings. The first-order chi connectivity index (χ1) is 13.2. The number of alkyl carbamates (subject to hydrolysis) is 1. The molecule has 1 N–H and O–H groups in total. The van der Waals surface area contributed by atoms with Gasteiger partial charge in [0.2, 0.25) is 5.91 Å². The number of rotatable bonds is 6. The van der Waals surface area contributed by atoms with E-state index in [0.717, 1.165) is 18.8 Å². The number of carbonyl (C=O) groups excluding carboxylic acids is 3. The van der Waals surface area contributed by atoms with Gasteiger partial charge in [0, 0.05) is 50.4 Å². The number of piperazine rings is 1. The highest BCUT2D eigenvalue weighted by molar-refractivity contribution is 5.94. The highest BCUT2D eigenvalue weighted by Gasteiger charge is 2.21. The van der Waals surface area contributed by atoms with Gasteiger partial charge < -0.3 is 19.9 Å². The number of ether oxygens (including phenoxy) is 1. The van der Waals surface area contributed by atoms with Gasteiger partial charge in [0.05, 0.1) is 0 Å². The SMILES string of the molecule is CC(=O)c1ccc(N2CCN(C(=O)CCCNC(=O)OC(C)(C)C)CC2)cc1. The first kappa shape index (κ1) is 21.7. The lowest BCUT2D eigenvalue weighted by atomic mass is 10.1. The number of ketones is 1. The Kier molecular flexibility index (Phi) is 7.43. The van der Waals surface area contributed by atoms with E-state index in [9.17, 15) is 14.4 Å². The summed E-state index contributed by atoms with van der Waals surface area (Å²) >= 11 is 0. The number of carbonyl (C=O) groups is 3. The average Bonchev–Trinajstić information content (AvgIpc) is 2.64. The maximum atomic E-state index is 12.4. The second-order valence-corrected chi connectivity index (χ2v) is 8.00. The summed E-state index contributed by atoms with van der Waals surface area (Å²) in [6, 6.07) is 7.59. The summed E-state index contributed by atoms with van der Waals surface area (Å²) in [4.78, 5) is 39.4. The fourth-order valence-corrected chi connectivity index (χ4v) is 3.02. The van der Waals surface area contributed by atoms with Crippen LogP contribution in [-0.2, 0) is 9.53 Å².